The smallest absolute Gasteiger partial charge is 0.162 e. The molecule has 0 spiro atoms. The highest BCUT2D eigenvalue weighted by molar-refractivity contribution is 5.90. The molecule has 17 heavy (non-hydrogen) atoms. The van der Waals surface area contributed by atoms with E-state index in [9.17, 15) is 4.79 Å². The molecular weight excluding hydrogens is 214 g/mol. The molecule has 1 aromatic heterocycles. The quantitative estimate of drug-likeness (QED) is 0.749. The van der Waals surface area contributed by atoms with Gasteiger partial charge in [-0.25, -0.2) is 0 Å². The molecule has 2 heterocycles. The van der Waals surface area contributed by atoms with Crippen LogP contribution in [0.1, 0.15) is 18.1 Å². The summed E-state index contributed by atoms with van der Waals surface area (Å²) in [6, 6.07) is 9.86. The van der Waals surface area contributed by atoms with Crippen molar-refractivity contribution in [2.24, 2.45) is 0 Å². The van der Waals surface area contributed by atoms with Gasteiger partial charge in [0.15, 0.2) is 5.78 Å². The normalized spacial score (nSPS) is 19.3. The lowest BCUT2D eigenvalue weighted by molar-refractivity contribution is -0.118. The molecule has 0 saturated heterocycles. The maximum absolute atomic E-state index is 11.3. The first-order valence-corrected chi connectivity index (χ1v) is 5.52. The van der Waals surface area contributed by atoms with E-state index in [2.05, 4.69) is 4.98 Å². The van der Waals surface area contributed by atoms with E-state index in [0.29, 0.717) is 6.42 Å². The van der Waals surface area contributed by atoms with Crippen molar-refractivity contribution >= 4 is 16.7 Å². The van der Waals surface area contributed by atoms with Crippen LogP contribution in [0.2, 0.25) is 0 Å². The molecule has 0 bridgehead atoms. The zero-order valence-electron chi connectivity index (χ0n) is 9.17. The second-order valence-corrected chi connectivity index (χ2v) is 4.05. The van der Waals surface area contributed by atoms with E-state index >= 15 is 0 Å². The molecule has 1 aliphatic rings. The van der Waals surface area contributed by atoms with E-state index in [0.717, 1.165) is 16.5 Å². The number of hydrogen-bond acceptors (Lipinski definition) is 3. The lowest BCUT2D eigenvalue weighted by Gasteiger charge is -2.19. The predicted molar refractivity (Wildman–Crippen MR) is 64.3 cm³/mol. The van der Waals surface area contributed by atoms with Gasteiger partial charge < -0.3 is 4.74 Å². The van der Waals surface area contributed by atoms with Crippen molar-refractivity contribution in [2.45, 2.75) is 12.5 Å². The van der Waals surface area contributed by atoms with Gasteiger partial charge in [0.2, 0.25) is 0 Å². The molecule has 1 aromatic carbocycles. The molecule has 0 fully saturated rings. The summed E-state index contributed by atoms with van der Waals surface area (Å²) in [7, 11) is 0. The third kappa shape index (κ3) is 1.91. The van der Waals surface area contributed by atoms with Gasteiger partial charge in [-0.05, 0) is 23.8 Å². The Morgan fingerprint density at radius 1 is 1.29 bits per heavy atom. The zero-order chi connectivity index (χ0) is 11.7. The number of nitrogens with zero attached hydrogens (tertiary/aromatic N) is 1. The van der Waals surface area contributed by atoms with Crippen molar-refractivity contribution in [3.63, 3.8) is 0 Å². The topological polar surface area (TPSA) is 39.2 Å². The first-order valence-electron chi connectivity index (χ1n) is 5.52. The Bertz CT molecular complexity index is 604. The number of pyridine rings is 1. The molecule has 1 atom stereocenters. The van der Waals surface area contributed by atoms with Crippen molar-refractivity contribution in [1.82, 2.24) is 4.98 Å². The van der Waals surface area contributed by atoms with Gasteiger partial charge in [-0.1, -0.05) is 12.1 Å². The molecule has 84 valence electrons. The van der Waals surface area contributed by atoms with Gasteiger partial charge in [0, 0.05) is 17.7 Å². The van der Waals surface area contributed by atoms with E-state index < -0.39 is 0 Å². The first kappa shape index (κ1) is 10.0. The lowest BCUT2D eigenvalue weighted by atomic mass is 10.0. The lowest BCUT2D eigenvalue weighted by Crippen LogP contribution is -2.11. The summed E-state index contributed by atoms with van der Waals surface area (Å²) in [5.41, 5.74) is 1.97. The average Bonchev–Trinajstić information content (AvgIpc) is 2.38. The molecule has 2 aromatic rings. The second kappa shape index (κ2) is 4.01. The van der Waals surface area contributed by atoms with Crippen LogP contribution < -0.4 is 0 Å². The summed E-state index contributed by atoms with van der Waals surface area (Å²) in [4.78, 5) is 15.6. The number of ether oxygens (including phenoxy) is 1. The fourth-order valence-electron chi connectivity index (χ4n) is 2.00. The standard InChI is InChI=1S/C14H11NO2/c16-12-5-7-17-14(9-12)11-3-4-13-10(8-11)2-1-6-15-13/h1-8,14H,9H2. The number of allylic oxidation sites excluding steroid dienone is 1. The van der Waals surface area contributed by atoms with E-state index in [1.165, 1.54) is 12.3 Å². The molecule has 0 radical (unpaired) electrons. The van der Waals surface area contributed by atoms with Crippen molar-refractivity contribution in [1.29, 1.82) is 0 Å². The Labute approximate surface area is 98.7 Å². The Hall–Kier alpha value is -2.16. The Morgan fingerprint density at radius 2 is 2.24 bits per heavy atom. The van der Waals surface area contributed by atoms with Crippen LogP contribution in [0.4, 0.5) is 0 Å². The van der Waals surface area contributed by atoms with E-state index in [4.69, 9.17) is 4.74 Å². The minimum Gasteiger partial charge on any atom is -0.493 e. The fourth-order valence-corrected chi connectivity index (χ4v) is 2.00. The molecule has 3 nitrogen and oxygen atoms in total. The maximum Gasteiger partial charge on any atom is 0.162 e. The van der Waals surface area contributed by atoms with Gasteiger partial charge in [0.05, 0.1) is 18.2 Å². The number of fused-ring (bicyclic) bond motifs is 1. The molecule has 0 N–H and O–H groups in total. The van der Waals surface area contributed by atoms with Crippen LogP contribution in [0.25, 0.3) is 10.9 Å². The number of aromatic nitrogens is 1. The van der Waals surface area contributed by atoms with Gasteiger partial charge >= 0.3 is 0 Å². The molecule has 0 aliphatic carbocycles. The predicted octanol–water partition coefficient (Wildman–Crippen LogP) is 2.78. The van der Waals surface area contributed by atoms with Crippen LogP contribution in [-0.4, -0.2) is 10.8 Å². The average molecular weight is 225 g/mol. The van der Waals surface area contributed by atoms with E-state index in [1.54, 1.807) is 6.20 Å². The van der Waals surface area contributed by atoms with Crippen molar-refractivity contribution in [2.75, 3.05) is 0 Å². The summed E-state index contributed by atoms with van der Waals surface area (Å²) in [5, 5.41) is 1.07. The molecule has 3 heteroatoms. The summed E-state index contributed by atoms with van der Waals surface area (Å²) in [6.07, 6.45) is 4.95. The monoisotopic (exact) mass is 225 g/mol. The van der Waals surface area contributed by atoms with Crippen LogP contribution in [0.15, 0.2) is 48.9 Å². The van der Waals surface area contributed by atoms with Crippen LogP contribution in [0.3, 0.4) is 0 Å². The van der Waals surface area contributed by atoms with Crippen molar-refractivity contribution in [3.8, 4) is 0 Å². The zero-order valence-corrected chi connectivity index (χ0v) is 9.17. The number of carbonyl (C=O) groups excluding carboxylic acids is 1. The number of ketones is 1. The van der Waals surface area contributed by atoms with Gasteiger partial charge in [-0.15, -0.1) is 0 Å². The van der Waals surface area contributed by atoms with Crippen LogP contribution in [0, 0.1) is 0 Å². The summed E-state index contributed by atoms with van der Waals surface area (Å²) >= 11 is 0. The molecule has 3 rings (SSSR count). The first-order chi connectivity index (χ1) is 8.33. The highest BCUT2D eigenvalue weighted by atomic mass is 16.5. The Morgan fingerprint density at radius 3 is 3.12 bits per heavy atom. The molecule has 0 amide bonds. The highest BCUT2D eigenvalue weighted by Gasteiger charge is 2.18. The minimum absolute atomic E-state index is 0.104. The van der Waals surface area contributed by atoms with E-state index in [1.807, 2.05) is 30.3 Å². The number of rotatable bonds is 1. The maximum atomic E-state index is 11.3. The summed E-state index contributed by atoms with van der Waals surface area (Å²) in [6.45, 7) is 0. The third-order valence-electron chi connectivity index (χ3n) is 2.88. The second-order valence-electron chi connectivity index (χ2n) is 4.05. The Balaban J connectivity index is 2.00. The van der Waals surface area contributed by atoms with Gasteiger partial charge in [-0.3, -0.25) is 9.78 Å². The number of hydrogen-bond donors (Lipinski definition) is 0. The van der Waals surface area contributed by atoms with Crippen molar-refractivity contribution in [3.05, 3.63) is 54.4 Å². The third-order valence-corrected chi connectivity index (χ3v) is 2.88. The van der Waals surface area contributed by atoms with E-state index in [-0.39, 0.29) is 11.9 Å². The minimum atomic E-state index is -0.169. The Kier molecular flexibility index (Phi) is 2.37. The summed E-state index contributed by atoms with van der Waals surface area (Å²) < 4.78 is 5.46. The highest BCUT2D eigenvalue weighted by Crippen LogP contribution is 2.27. The molecule has 0 saturated carbocycles. The number of benzene rings is 1. The number of carbonyl (C=O) groups is 1. The fraction of sp³-hybridized carbons (Fsp3) is 0.143. The van der Waals surface area contributed by atoms with Gasteiger partial charge in [0.1, 0.15) is 6.10 Å². The largest absolute Gasteiger partial charge is 0.493 e. The van der Waals surface area contributed by atoms with Gasteiger partial charge in [0.25, 0.3) is 0 Å². The van der Waals surface area contributed by atoms with Crippen LogP contribution in [0.5, 0.6) is 0 Å². The van der Waals surface area contributed by atoms with Crippen molar-refractivity contribution < 1.29 is 9.53 Å². The summed E-state index contributed by atoms with van der Waals surface area (Å²) in [5.74, 6) is 0.104. The molecule has 1 aliphatic heterocycles. The molecule has 1 unspecified atom stereocenters. The van der Waals surface area contributed by atoms with Gasteiger partial charge in [-0.2, -0.15) is 0 Å². The molecular formula is C14H11NO2. The van der Waals surface area contributed by atoms with Crippen LogP contribution >= 0.6 is 0 Å². The SMILES string of the molecule is O=C1C=COC(c2ccc3ncccc3c2)C1. The van der Waals surface area contributed by atoms with Crippen LogP contribution in [-0.2, 0) is 9.53 Å².